The highest BCUT2D eigenvalue weighted by atomic mass is 32.1. The Labute approximate surface area is 124 Å². The molecule has 0 bridgehead atoms. The SMILES string of the molecule is C/C(CC(=O)Nc1ccc(N(C)C)cc1)=N/NC(N)=S. The van der Waals surface area contributed by atoms with Crippen LogP contribution in [-0.4, -0.2) is 30.8 Å². The molecule has 1 rings (SSSR count). The molecular formula is C13H19N5OS. The summed E-state index contributed by atoms with van der Waals surface area (Å²) in [7, 11) is 3.92. The van der Waals surface area contributed by atoms with Crippen molar-refractivity contribution in [3.8, 4) is 0 Å². The predicted molar refractivity (Wildman–Crippen MR) is 87.0 cm³/mol. The molecule has 0 radical (unpaired) electrons. The van der Waals surface area contributed by atoms with Crippen LogP contribution in [0.3, 0.4) is 0 Å². The molecule has 0 saturated carbocycles. The molecule has 1 aromatic rings. The molecule has 4 N–H and O–H groups in total. The number of hydrogen-bond donors (Lipinski definition) is 3. The number of hydrogen-bond acceptors (Lipinski definition) is 4. The van der Waals surface area contributed by atoms with Crippen LogP contribution in [0.5, 0.6) is 0 Å². The van der Waals surface area contributed by atoms with Crippen molar-refractivity contribution in [1.29, 1.82) is 0 Å². The molecule has 6 nitrogen and oxygen atoms in total. The molecule has 0 unspecified atom stereocenters. The van der Waals surface area contributed by atoms with E-state index in [4.69, 9.17) is 5.73 Å². The predicted octanol–water partition coefficient (Wildman–Crippen LogP) is 1.29. The standard InChI is InChI=1S/C13H19N5OS/c1-9(16-17-13(14)20)8-12(19)15-10-4-6-11(7-5-10)18(2)3/h4-7H,8H2,1-3H3,(H,15,19)(H3,14,17,20)/b16-9-. The van der Waals surface area contributed by atoms with Gasteiger partial charge in [-0.2, -0.15) is 5.10 Å². The summed E-state index contributed by atoms with van der Waals surface area (Å²) in [4.78, 5) is 13.8. The van der Waals surface area contributed by atoms with Gasteiger partial charge in [-0.15, -0.1) is 0 Å². The van der Waals surface area contributed by atoms with Crippen molar-refractivity contribution < 1.29 is 4.79 Å². The lowest BCUT2D eigenvalue weighted by Gasteiger charge is -2.13. The second-order valence-electron chi connectivity index (χ2n) is 4.49. The minimum absolute atomic E-state index is 0.0732. The molecule has 0 atom stereocenters. The van der Waals surface area contributed by atoms with Crippen molar-refractivity contribution in [2.75, 3.05) is 24.3 Å². The van der Waals surface area contributed by atoms with E-state index in [9.17, 15) is 4.79 Å². The maximum atomic E-state index is 11.8. The summed E-state index contributed by atoms with van der Waals surface area (Å²) in [5.41, 5.74) is 10.1. The van der Waals surface area contributed by atoms with Gasteiger partial charge in [0.15, 0.2) is 5.11 Å². The average Bonchev–Trinajstić information content (AvgIpc) is 2.36. The molecule has 108 valence electrons. The lowest BCUT2D eigenvalue weighted by atomic mass is 10.2. The Kier molecular flexibility index (Phi) is 5.92. The first-order valence-corrected chi connectivity index (χ1v) is 6.45. The zero-order chi connectivity index (χ0) is 15.1. The first-order chi connectivity index (χ1) is 9.38. The topological polar surface area (TPSA) is 82.8 Å². The van der Waals surface area contributed by atoms with E-state index in [1.165, 1.54) is 0 Å². The highest BCUT2D eigenvalue weighted by Crippen LogP contribution is 2.15. The Morgan fingerprint density at radius 2 is 1.95 bits per heavy atom. The molecule has 0 fully saturated rings. The van der Waals surface area contributed by atoms with Crippen molar-refractivity contribution in [1.82, 2.24) is 5.43 Å². The van der Waals surface area contributed by atoms with Gasteiger partial charge < -0.3 is 16.0 Å². The van der Waals surface area contributed by atoms with Gasteiger partial charge in [0, 0.05) is 31.2 Å². The lowest BCUT2D eigenvalue weighted by Crippen LogP contribution is -2.26. The van der Waals surface area contributed by atoms with Gasteiger partial charge in [-0.25, -0.2) is 0 Å². The highest BCUT2D eigenvalue weighted by Gasteiger charge is 2.05. The van der Waals surface area contributed by atoms with Crippen LogP contribution in [0, 0.1) is 0 Å². The summed E-state index contributed by atoms with van der Waals surface area (Å²) in [6.45, 7) is 1.72. The average molecular weight is 293 g/mol. The fourth-order valence-corrected chi connectivity index (χ4v) is 1.52. The number of amides is 1. The summed E-state index contributed by atoms with van der Waals surface area (Å²) >= 11 is 4.62. The number of carbonyl (C=O) groups excluding carboxylic acids is 1. The summed E-state index contributed by atoms with van der Waals surface area (Å²) in [5, 5.41) is 6.75. The zero-order valence-electron chi connectivity index (χ0n) is 11.8. The molecule has 0 aliphatic heterocycles. The van der Waals surface area contributed by atoms with E-state index >= 15 is 0 Å². The van der Waals surface area contributed by atoms with Crippen molar-refractivity contribution >= 4 is 40.3 Å². The van der Waals surface area contributed by atoms with Gasteiger partial charge in [-0.1, -0.05) is 0 Å². The van der Waals surface area contributed by atoms with Crippen molar-refractivity contribution in [2.24, 2.45) is 10.8 Å². The monoisotopic (exact) mass is 293 g/mol. The van der Waals surface area contributed by atoms with Crippen LogP contribution in [0.25, 0.3) is 0 Å². The highest BCUT2D eigenvalue weighted by molar-refractivity contribution is 7.80. The molecule has 0 heterocycles. The van der Waals surface area contributed by atoms with E-state index in [2.05, 4.69) is 28.1 Å². The minimum Gasteiger partial charge on any atom is -0.378 e. The van der Waals surface area contributed by atoms with Gasteiger partial charge in [0.05, 0.1) is 6.42 Å². The van der Waals surface area contributed by atoms with Gasteiger partial charge in [0.1, 0.15) is 0 Å². The largest absolute Gasteiger partial charge is 0.378 e. The Morgan fingerprint density at radius 1 is 1.35 bits per heavy atom. The number of rotatable bonds is 5. The second-order valence-corrected chi connectivity index (χ2v) is 4.93. The maximum absolute atomic E-state index is 11.8. The number of anilines is 2. The lowest BCUT2D eigenvalue weighted by molar-refractivity contribution is -0.115. The zero-order valence-corrected chi connectivity index (χ0v) is 12.6. The maximum Gasteiger partial charge on any atom is 0.230 e. The van der Waals surface area contributed by atoms with Crippen molar-refractivity contribution in [3.05, 3.63) is 24.3 Å². The normalized spacial score (nSPS) is 10.8. The molecule has 0 spiro atoms. The van der Waals surface area contributed by atoms with Crippen LogP contribution in [0.4, 0.5) is 11.4 Å². The minimum atomic E-state index is -0.145. The van der Waals surface area contributed by atoms with Crippen molar-refractivity contribution in [2.45, 2.75) is 13.3 Å². The van der Waals surface area contributed by atoms with Crippen LogP contribution in [0.2, 0.25) is 0 Å². The van der Waals surface area contributed by atoms with Gasteiger partial charge in [-0.05, 0) is 43.4 Å². The van der Waals surface area contributed by atoms with Crippen molar-refractivity contribution in [3.63, 3.8) is 0 Å². The van der Waals surface area contributed by atoms with E-state index in [-0.39, 0.29) is 17.4 Å². The van der Waals surface area contributed by atoms with Gasteiger partial charge in [0.25, 0.3) is 0 Å². The van der Waals surface area contributed by atoms with Gasteiger partial charge in [-0.3, -0.25) is 10.2 Å². The van der Waals surface area contributed by atoms with Crippen LogP contribution in [0.15, 0.2) is 29.4 Å². The van der Waals surface area contributed by atoms with E-state index in [1.807, 2.05) is 43.3 Å². The molecule has 1 aromatic carbocycles. The molecule has 0 saturated heterocycles. The first kappa shape index (κ1) is 15.9. The van der Waals surface area contributed by atoms with E-state index in [1.54, 1.807) is 6.92 Å². The number of carbonyl (C=O) groups is 1. The number of benzene rings is 1. The third kappa shape index (κ3) is 5.66. The fourth-order valence-electron chi connectivity index (χ4n) is 1.47. The number of hydrazone groups is 1. The quantitative estimate of drug-likeness (QED) is 0.433. The summed E-state index contributed by atoms with van der Waals surface area (Å²) in [6.07, 6.45) is 0.172. The van der Waals surface area contributed by atoms with E-state index in [0.717, 1.165) is 11.4 Å². The number of nitrogens with two attached hydrogens (primary N) is 1. The van der Waals surface area contributed by atoms with Crippen LogP contribution in [-0.2, 0) is 4.79 Å². The third-order valence-electron chi connectivity index (χ3n) is 2.44. The molecule has 0 aliphatic rings. The number of thiocarbonyl (C=S) groups is 1. The molecule has 20 heavy (non-hydrogen) atoms. The van der Waals surface area contributed by atoms with Crippen LogP contribution in [0.1, 0.15) is 13.3 Å². The van der Waals surface area contributed by atoms with Gasteiger partial charge >= 0.3 is 0 Å². The number of nitrogens with zero attached hydrogens (tertiary/aromatic N) is 2. The Bertz CT molecular complexity index is 510. The molecule has 1 amide bonds. The summed E-state index contributed by atoms with van der Waals surface area (Å²) < 4.78 is 0. The molecular weight excluding hydrogens is 274 g/mol. The Balaban J connectivity index is 2.54. The smallest absolute Gasteiger partial charge is 0.230 e. The molecule has 0 aromatic heterocycles. The Morgan fingerprint density at radius 3 is 2.45 bits per heavy atom. The molecule has 7 heteroatoms. The first-order valence-electron chi connectivity index (χ1n) is 6.04. The van der Waals surface area contributed by atoms with E-state index in [0.29, 0.717) is 5.71 Å². The van der Waals surface area contributed by atoms with Gasteiger partial charge in [0.2, 0.25) is 5.91 Å². The number of nitrogens with one attached hydrogen (secondary N) is 2. The van der Waals surface area contributed by atoms with Crippen LogP contribution < -0.4 is 21.4 Å². The third-order valence-corrected chi connectivity index (χ3v) is 2.53. The summed E-state index contributed by atoms with van der Waals surface area (Å²) in [5.74, 6) is -0.145. The molecule has 0 aliphatic carbocycles. The second kappa shape index (κ2) is 7.44. The van der Waals surface area contributed by atoms with Crippen LogP contribution >= 0.6 is 12.2 Å². The van der Waals surface area contributed by atoms with E-state index < -0.39 is 0 Å². The Hall–Kier alpha value is -2.15. The summed E-state index contributed by atoms with van der Waals surface area (Å²) in [6, 6.07) is 7.58. The fraction of sp³-hybridized carbons (Fsp3) is 0.308.